The molecular formula is C15H22O. The summed E-state index contributed by atoms with van der Waals surface area (Å²) in [5, 5.41) is 10.2. The van der Waals surface area contributed by atoms with Crippen molar-refractivity contribution < 1.29 is 5.11 Å². The zero-order chi connectivity index (χ0) is 11.4. The summed E-state index contributed by atoms with van der Waals surface area (Å²) in [6, 6.07) is 10.0. The predicted octanol–water partition coefficient (Wildman–Crippen LogP) is 3.94. The van der Waals surface area contributed by atoms with Crippen LogP contribution in [-0.4, -0.2) is 5.11 Å². The van der Waals surface area contributed by atoms with E-state index in [2.05, 4.69) is 6.92 Å². The van der Waals surface area contributed by atoms with Gasteiger partial charge in [0.25, 0.3) is 0 Å². The second-order valence-electron chi connectivity index (χ2n) is 5.22. The number of aliphatic hydroxyl groups is 1. The van der Waals surface area contributed by atoms with Crippen LogP contribution in [0.3, 0.4) is 0 Å². The molecule has 1 heteroatoms. The molecule has 1 nitrogen and oxygen atoms in total. The minimum atomic E-state index is -0.290. The van der Waals surface area contributed by atoms with Gasteiger partial charge in [0.1, 0.15) is 0 Å². The summed E-state index contributed by atoms with van der Waals surface area (Å²) < 4.78 is 0. The molecule has 0 bridgehead atoms. The van der Waals surface area contributed by atoms with Crippen LogP contribution in [0.1, 0.15) is 50.7 Å². The van der Waals surface area contributed by atoms with Crippen LogP contribution in [0.2, 0.25) is 0 Å². The standard InChI is InChI=1S/C15H22O/c1-12(11-13-7-5-6-8-13)15(16)14-9-3-2-4-10-14/h2-4,9-10,12-13,15-16H,5-8,11H2,1H3. The zero-order valence-corrected chi connectivity index (χ0v) is 10.1. The summed E-state index contributed by atoms with van der Waals surface area (Å²) in [6.07, 6.45) is 6.40. The van der Waals surface area contributed by atoms with Crippen molar-refractivity contribution in [2.24, 2.45) is 11.8 Å². The Morgan fingerprint density at radius 2 is 1.81 bits per heavy atom. The smallest absolute Gasteiger partial charge is 0.0815 e. The fraction of sp³-hybridized carbons (Fsp3) is 0.600. The molecule has 1 N–H and O–H groups in total. The van der Waals surface area contributed by atoms with Gasteiger partial charge < -0.3 is 5.11 Å². The minimum Gasteiger partial charge on any atom is -0.388 e. The molecule has 2 rings (SSSR count). The Labute approximate surface area is 98.5 Å². The van der Waals surface area contributed by atoms with E-state index in [0.29, 0.717) is 5.92 Å². The van der Waals surface area contributed by atoms with E-state index in [1.54, 1.807) is 0 Å². The molecule has 1 saturated carbocycles. The molecule has 1 aliphatic carbocycles. The Bertz CT molecular complexity index is 300. The molecule has 0 amide bonds. The number of hydrogen-bond acceptors (Lipinski definition) is 1. The fourth-order valence-electron chi connectivity index (χ4n) is 2.88. The number of rotatable bonds is 4. The first kappa shape index (κ1) is 11.7. The van der Waals surface area contributed by atoms with Crippen LogP contribution in [0.4, 0.5) is 0 Å². The summed E-state index contributed by atoms with van der Waals surface area (Å²) in [5.41, 5.74) is 1.06. The van der Waals surface area contributed by atoms with Gasteiger partial charge in [-0.1, -0.05) is 62.9 Å². The lowest BCUT2D eigenvalue weighted by molar-refractivity contribution is 0.102. The molecular weight excluding hydrogens is 196 g/mol. The third-order valence-electron chi connectivity index (χ3n) is 3.86. The van der Waals surface area contributed by atoms with E-state index in [-0.39, 0.29) is 6.10 Å². The first-order valence-corrected chi connectivity index (χ1v) is 6.50. The molecule has 0 heterocycles. The van der Waals surface area contributed by atoms with Gasteiger partial charge >= 0.3 is 0 Å². The van der Waals surface area contributed by atoms with Crippen molar-refractivity contribution in [3.8, 4) is 0 Å². The van der Waals surface area contributed by atoms with E-state index in [1.807, 2.05) is 30.3 Å². The summed E-state index contributed by atoms with van der Waals surface area (Å²) >= 11 is 0. The molecule has 1 aliphatic rings. The van der Waals surface area contributed by atoms with Crippen LogP contribution in [-0.2, 0) is 0 Å². The van der Waals surface area contributed by atoms with Crippen molar-refractivity contribution in [2.75, 3.05) is 0 Å². The maximum Gasteiger partial charge on any atom is 0.0815 e. The van der Waals surface area contributed by atoms with Crippen molar-refractivity contribution >= 4 is 0 Å². The van der Waals surface area contributed by atoms with Crippen molar-refractivity contribution in [3.05, 3.63) is 35.9 Å². The Hall–Kier alpha value is -0.820. The molecule has 16 heavy (non-hydrogen) atoms. The molecule has 1 aromatic carbocycles. The van der Waals surface area contributed by atoms with Crippen LogP contribution in [0, 0.1) is 11.8 Å². The molecule has 1 aromatic rings. The summed E-state index contributed by atoms with van der Waals surface area (Å²) in [6.45, 7) is 2.18. The van der Waals surface area contributed by atoms with Gasteiger partial charge in [-0.05, 0) is 23.8 Å². The van der Waals surface area contributed by atoms with Gasteiger partial charge in [0, 0.05) is 0 Å². The monoisotopic (exact) mass is 218 g/mol. The second kappa shape index (κ2) is 5.49. The minimum absolute atomic E-state index is 0.290. The quantitative estimate of drug-likeness (QED) is 0.811. The number of aliphatic hydroxyl groups excluding tert-OH is 1. The van der Waals surface area contributed by atoms with E-state index in [4.69, 9.17) is 0 Å². The normalized spacial score (nSPS) is 20.9. The molecule has 1 fully saturated rings. The van der Waals surface area contributed by atoms with Crippen molar-refractivity contribution in [1.29, 1.82) is 0 Å². The average Bonchev–Trinajstić information content (AvgIpc) is 2.82. The summed E-state index contributed by atoms with van der Waals surface area (Å²) in [4.78, 5) is 0. The maximum atomic E-state index is 10.2. The highest BCUT2D eigenvalue weighted by Crippen LogP contribution is 2.34. The lowest BCUT2D eigenvalue weighted by atomic mass is 9.88. The van der Waals surface area contributed by atoms with Crippen LogP contribution in [0.15, 0.2) is 30.3 Å². The molecule has 0 aromatic heterocycles. The van der Waals surface area contributed by atoms with Gasteiger partial charge in [-0.15, -0.1) is 0 Å². The maximum absolute atomic E-state index is 10.2. The van der Waals surface area contributed by atoms with Gasteiger partial charge in [-0.2, -0.15) is 0 Å². The summed E-state index contributed by atoms with van der Waals surface area (Å²) in [5.74, 6) is 1.24. The first-order chi connectivity index (χ1) is 7.77. The Balaban J connectivity index is 1.91. The first-order valence-electron chi connectivity index (χ1n) is 6.50. The molecule has 2 atom stereocenters. The Kier molecular flexibility index (Phi) is 4.00. The molecule has 0 saturated heterocycles. The highest BCUT2D eigenvalue weighted by molar-refractivity contribution is 5.17. The lowest BCUT2D eigenvalue weighted by Crippen LogP contribution is -2.12. The zero-order valence-electron chi connectivity index (χ0n) is 10.1. The SMILES string of the molecule is CC(CC1CCCC1)C(O)c1ccccc1. The van der Waals surface area contributed by atoms with Crippen molar-refractivity contribution in [2.45, 2.75) is 45.1 Å². The molecule has 2 unspecified atom stereocenters. The average molecular weight is 218 g/mol. The molecule has 88 valence electrons. The fourth-order valence-corrected chi connectivity index (χ4v) is 2.88. The van der Waals surface area contributed by atoms with E-state index in [9.17, 15) is 5.11 Å². The van der Waals surface area contributed by atoms with Gasteiger partial charge in [0.2, 0.25) is 0 Å². The largest absolute Gasteiger partial charge is 0.388 e. The highest BCUT2D eigenvalue weighted by Gasteiger charge is 2.22. The highest BCUT2D eigenvalue weighted by atomic mass is 16.3. The second-order valence-corrected chi connectivity index (χ2v) is 5.22. The van der Waals surface area contributed by atoms with E-state index < -0.39 is 0 Å². The van der Waals surface area contributed by atoms with Gasteiger partial charge in [-0.3, -0.25) is 0 Å². The molecule has 0 aliphatic heterocycles. The van der Waals surface area contributed by atoms with Crippen molar-refractivity contribution in [3.63, 3.8) is 0 Å². The Morgan fingerprint density at radius 3 is 2.44 bits per heavy atom. The van der Waals surface area contributed by atoms with Crippen LogP contribution >= 0.6 is 0 Å². The third kappa shape index (κ3) is 2.85. The van der Waals surface area contributed by atoms with E-state index >= 15 is 0 Å². The van der Waals surface area contributed by atoms with Crippen LogP contribution < -0.4 is 0 Å². The van der Waals surface area contributed by atoms with Gasteiger partial charge in [-0.25, -0.2) is 0 Å². The van der Waals surface area contributed by atoms with Crippen LogP contribution in [0.25, 0.3) is 0 Å². The third-order valence-corrected chi connectivity index (χ3v) is 3.86. The number of hydrogen-bond donors (Lipinski definition) is 1. The molecule has 0 spiro atoms. The van der Waals surface area contributed by atoms with Gasteiger partial charge in [0.15, 0.2) is 0 Å². The topological polar surface area (TPSA) is 20.2 Å². The van der Waals surface area contributed by atoms with Crippen LogP contribution in [0.5, 0.6) is 0 Å². The van der Waals surface area contributed by atoms with E-state index in [1.165, 1.54) is 32.1 Å². The summed E-state index contributed by atoms with van der Waals surface area (Å²) in [7, 11) is 0. The van der Waals surface area contributed by atoms with Crippen molar-refractivity contribution in [1.82, 2.24) is 0 Å². The Morgan fingerprint density at radius 1 is 1.19 bits per heavy atom. The van der Waals surface area contributed by atoms with Gasteiger partial charge in [0.05, 0.1) is 6.10 Å². The lowest BCUT2D eigenvalue weighted by Gasteiger charge is -2.22. The predicted molar refractivity (Wildman–Crippen MR) is 67.1 cm³/mol. The van der Waals surface area contributed by atoms with E-state index in [0.717, 1.165) is 11.5 Å². The number of benzene rings is 1. The molecule has 0 radical (unpaired) electrons.